The first kappa shape index (κ1) is 18.7. The van der Waals surface area contributed by atoms with Gasteiger partial charge in [-0.15, -0.1) is 0 Å². The lowest BCUT2D eigenvalue weighted by molar-refractivity contribution is 0.102. The van der Waals surface area contributed by atoms with Crippen LogP contribution in [-0.4, -0.2) is 32.7 Å². The summed E-state index contributed by atoms with van der Waals surface area (Å²) in [4.78, 5) is 12.2. The molecule has 0 aliphatic carbocycles. The number of halogens is 3. The summed E-state index contributed by atoms with van der Waals surface area (Å²) in [7, 11) is -1.01. The van der Waals surface area contributed by atoms with E-state index in [4.69, 9.17) is 23.2 Å². The summed E-state index contributed by atoms with van der Waals surface area (Å²) in [6, 6.07) is 7.39. The molecule has 1 N–H and O–H groups in total. The van der Waals surface area contributed by atoms with Gasteiger partial charge in [0.05, 0.1) is 21.2 Å². The molecule has 0 atom stereocenters. The fourth-order valence-corrected chi connectivity index (χ4v) is 3.14. The fourth-order valence-electron chi connectivity index (χ4n) is 1.83. The summed E-state index contributed by atoms with van der Waals surface area (Å²) in [6.07, 6.45) is 0. The number of nitrogens with one attached hydrogen (secondary N) is 1. The van der Waals surface area contributed by atoms with Crippen LogP contribution in [0.25, 0.3) is 0 Å². The lowest BCUT2D eigenvalue weighted by Crippen LogP contribution is -2.23. The highest BCUT2D eigenvalue weighted by molar-refractivity contribution is 7.89. The van der Waals surface area contributed by atoms with E-state index in [0.29, 0.717) is 0 Å². The molecule has 0 spiro atoms. The van der Waals surface area contributed by atoms with E-state index in [0.717, 1.165) is 16.4 Å². The number of carbonyl (C=O) groups is 1. The summed E-state index contributed by atoms with van der Waals surface area (Å²) >= 11 is 11.7. The van der Waals surface area contributed by atoms with Crippen LogP contribution in [0.2, 0.25) is 10.0 Å². The Morgan fingerprint density at radius 3 is 2.42 bits per heavy atom. The Morgan fingerprint density at radius 1 is 1.12 bits per heavy atom. The molecule has 0 bridgehead atoms. The van der Waals surface area contributed by atoms with E-state index in [2.05, 4.69) is 5.32 Å². The lowest BCUT2D eigenvalue weighted by Gasteiger charge is -2.13. The van der Waals surface area contributed by atoms with Crippen molar-refractivity contribution in [3.63, 3.8) is 0 Å². The van der Waals surface area contributed by atoms with Crippen molar-refractivity contribution in [2.24, 2.45) is 0 Å². The van der Waals surface area contributed by atoms with Gasteiger partial charge in [0.2, 0.25) is 10.0 Å². The lowest BCUT2D eigenvalue weighted by atomic mass is 10.2. The predicted molar refractivity (Wildman–Crippen MR) is 91.7 cm³/mol. The molecule has 2 aromatic carbocycles. The number of nitrogens with zero attached hydrogens (tertiary/aromatic N) is 1. The van der Waals surface area contributed by atoms with E-state index >= 15 is 0 Å². The Kier molecular flexibility index (Phi) is 5.49. The molecule has 24 heavy (non-hydrogen) atoms. The average molecular weight is 391 g/mol. The van der Waals surface area contributed by atoms with Crippen molar-refractivity contribution in [2.45, 2.75) is 4.90 Å². The monoisotopic (exact) mass is 390 g/mol. The number of hydrogen-bond donors (Lipinski definition) is 1. The van der Waals surface area contributed by atoms with Crippen LogP contribution in [0.5, 0.6) is 0 Å². The summed E-state index contributed by atoms with van der Waals surface area (Å²) < 4.78 is 39.0. The molecule has 0 aliphatic heterocycles. The minimum atomic E-state index is -3.74. The normalized spacial score (nSPS) is 11.6. The third-order valence-electron chi connectivity index (χ3n) is 3.14. The highest BCUT2D eigenvalue weighted by Gasteiger charge is 2.21. The van der Waals surface area contributed by atoms with E-state index in [9.17, 15) is 17.6 Å². The van der Waals surface area contributed by atoms with E-state index in [-0.39, 0.29) is 26.2 Å². The van der Waals surface area contributed by atoms with Crippen molar-refractivity contribution >= 4 is 44.8 Å². The molecule has 0 saturated heterocycles. The van der Waals surface area contributed by atoms with Gasteiger partial charge in [-0.2, -0.15) is 0 Å². The van der Waals surface area contributed by atoms with E-state index < -0.39 is 21.7 Å². The van der Waals surface area contributed by atoms with Crippen LogP contribution in [0.4, 0.5) is 10.1 Å². The van der Waals surface area contributed by atoms with Crippen LogP contribution in [0.3, 0.4) is 0 Å². The van der Waals surface area contributed by atoms with Crippen molar-refractivity contribution in [1.82, 2.24) is 4.31 Å². The molecule has 0 radical (unpaired) electrons. The summed E-state index contributed by atoms with van der Waals surface area (Å²) in [5, 5.41) is 2.60. The largest absolute Gasteiger partial charge is 0.319 e. The molecule has 9 heteroatoms. The molecule has 0 aliphatic rings. The van der Waals surface area contributed by atoms with Crippen molar-refractivity contribution < 1.29 is 17.6 Å². The third-order valence-corrected chi connectivity index (χ3v) is 5.51. The first-order valence-electron chi connectivity index (χ1n) is 6.61. The number of amides is 1. The predicted octanol–water partition coefficient (Wildman–Crippen LogP) is 3.64. The first-order chi connectivity index (χ1) is 11.1. The van der Waals surface area contributed by atoms with Crippen LogP contribution < -0.4 is 5.32 Å². The standard InChI is InChI=1S/C15H13Cl2FN2O3S/c1-20(2)24(22,23)10-4-5-12(17)11(8-10)15(21)19-14-7-9(16)3-6-13(14)18/h3-8H,1-2H3,(H,19,21). The Hall–Kier alpha value is -1.67. The van der Waals surface area contributed by atoms with Crippen LogP contribution in [0, 0.1) is 5.82 Å². The van der Waals surface area contributed by atoms with Gasteiger partial charge in [0, 0.05) is 19.1 Å². The maximum atomic E-state index is 13.7. The second kappa shape index (κ2) is 7.06. The molecule has 0 fully saturated rings. The number of rotatable bonds is 4. The minimum Gasteiger partial charge on any atom is -0.319 e. The molecular formula is C15H13Cl2FN2O3S. The minimum absolute atomic E-state index is 0.0349. The molecule has 0 aromatic heterocycles. The molecular weight excluding hydrogens is 378 g/mol. The van der Waals surface area contributed by atoms with Gasteiger partial charge in [0.25, 0.3) is 5.91 Å². The van der Waals surface area contributed by atoms with Gasteiger partial charge in [-0.05, 0) is 36.4 Å². The zero-order valence-corrected chi connectivity index (χ0v) is 15.0. The SMILES string of the molecule is CN(C)S(=O)(=O)c1ccc(Cl)c(C(=O)Nc2cc(Cl)ccc2F)c1. The van der Waals surface area contributed by atoms with Crippen LogP contribution in [-0.2, 0) is 10.0 Å². The van der Waals surface area contributed by atoms with Gasteiger partial charge in [-0.3, -0.25) is 4.79 Å². The van der Waals surface area contributed by atoms with E-state index in [1.807, 2.05) is 0 Å². The van der Waals surface area contributed by atoms with E-state index in [1.54, 1.807) is 0 Å². The van der Waals surface area contributed by atoms with Gasteiger partial charge < -0.3 is 5.32 Å². The van der Waals surface area contributed by atoms with Crippen LogP contribution in [0.1, 0.15) is 10.4 Å². The second-order valence-corrected chi connectivity index (χ2v) is 8.00. The number of carbonyl (C=O) groups excluding carboxylic acids is 1. The molecule has 5 nitrogen and oxygen atoms in total. The van der Waals surface area contributed by atoms with Gasteiger partial charge in [0.1, 0.15) is 5.82 Å². The summed E-state index contributed by atoms with van der Waals surface area (Å²) in [5.74, 6) is -1.43. The van der Waals surface area contributed by atoms with Crippen LogP contribution >= 0.6 is 23.2 Å². The zero-order valence-electron chi connectivity index (χ0n) is 12.7. The molecule has 1 amide bonds. The number of anilines is 1. The maximum Gasteiger partial charge on any atom is 0.257 e. The number of benzene rings is 2. The van der Waals surface area contributed by atoms with Gasteiger partial charge >= 0.3 is 0 Å². The smallest absolute Gasteiger partial charge is 0.257 e. The van der Waals surface area contributed by atoms with Crippen molar-refractivity contribution in [3.8, 4) is 0 Å². The first-order valence-corrected chi connectivity index (χ1v) is 8.81. The number of sulfonamides is 1. The molecule has 0 heterocycles. The molecule has 0 saturated carbocycles. The Morgan fingerprint density at radius 2 is 1.79 bits per heavy atom. The van der Waals surface area contributed by atoms with Crippen molar-refractivity contribution in [2.75, 3.05) is 19.4 Å². The summed E-state index contributed by atoms with van der Waals surface area (Å²) in [5.41, 5.74) is -0.233. The average Bonchev–Trinajstić information content (AvgIpc) is 2.50. The Balaban J connectivity index is 2.41. The highest BCUT2D eigenvalue weighted by atomic mass is 35.5. The zero-order chi connectivity index (χ0) is 18.1. The van der Waals surface area contributed by atoms with E-state index in [1.165, 1.54) is 38.4 Å². The highest BCUT2D eigenvalue weighted by Crippen LogP contribution is 2.25. The van der Waals surface area contributed by atoms with Crippen molar-refractivity contribution in [1.29, 1.82) is 0 Å². The molecule has 0 unspecified atom stereocenters. The Labute approximate surface area is 149 Å². The molecule has 2 aromatic rings. The van der Waals surface area contributed by atoms with Gasteiger partial charge in [-0.25, -0.2) is 17.1 Å². The van der Waals surface area contributed by atoms with Gasteiger partial charge in [0.15, 0.2) is 0 Å². The maximum absolute atomic E-state index is 13.7. The van der Waals surface area contributed by atoms with Gasteiger partial charge in [-0.1, -0.05) is 23.2 Å². The van der Waals surface area contributed by atoms with Crippen LogP contribution in [0.15, 0.2) is 41.3 Å². The topological polar surface area (TPSA) is 66.5 Å². The second-order valence-electron chi connectivity index (χ2n) is 5.01. The molecule has 128 valence electrons. The summed E-state index contributed by atoms with van der Waals surface area (Å²) in [6.45, 7) is 0. The fraction of sp³-hybridized carbons (Fsp3) is 0.133. The Bertz CT molecular complexity index is 902. The molecule has 2 rings (SSSR count). The number of hydrogen-bond acceptors (Lipinski definition) is 3. The quantitative estimate of drug-likeness (QED) is 0.866. The van der Waals surface area contributed by atoms with Crippen molar-refractivity contribution in [3.05, 3.63) is 57.8 Å². The third kappa shape index (κ3) is 3.87.